The summed E-state index contributed by atoms with van der Waals surface area (Å²) in [6.45, 7) is 0. The van der Waals surface area contributed by atoms with E-state index in [0.717, 1.165) is 44.8 Å². The Morgan fingerprint density at radius 1 is 0.600 bits per heavy atom. The summed E-state index contributed by atoms with van der Waals surface area (Å²) < 4.78 is 8.15. The van der Waals surface area contributed by atoms with Crippen molar-refractivity contribution in [3.63, 3.8) is 0 Å². The van der Waals surface area contributed by atoms with Crippen molar-refractivity contribution in [3.8, 4) is 0 Å². The Hall–Kier alpha value is -2.71. The Kier molecular flexibility index (Phi) is 3.68. The molecule has 124 valence electrons. The maximum Gasteiger partial charge on any atom is 0.0659 e. The predicted molar refractivity (Wildman–Crippen MR) is 98.9 cm³/mol. The molecule has 0 unspecified atom stereocenters. The molecule has 0 saturated heterocycles. The van der Waals surface area contributed by atoms with E-state index >= 15 is 0 Å². The number of rotatable bonds is 0. The van der Waals surface area contributed by atoms with Crippen molar-refractivity contribution < 1.29 is 22.4 Å². The van der Waals surface area contributed by atoms with Gasteiger partial charge in [0.25, 0.3) is 0 Å². The van der Waals surface area contributed by atoms with Crippen molar-refractivity contribution in [3.05, 3.63) is 71.3 Å². The fraction of sp³-hybridized carbons (Fsp3) is 0. The van der Waals surface area contributed by atoms with Crippen molar-refractivity contribution in [2.75, 3.05) is 0 Å². The van der Waals surface area contributed by atoms with E-state index in [1.807, 2.05) is 66.8 Å². The average molecular weight is 506 g/mol. The second-order valence-corrected chi connectivity index (χ2v) is 5.82. The molecule has 5 heteroatoms. The summed E-state index contributed by atoms with van der Waals surface area (Å²) in [5.74, 6) is 0. The molecular formula is C20H14N4Pt. The third-order valence-electron chi connectivity index (χ3n) is 3.96. The first-order valence-corrected chi connectivity index (χ1v) is 7.76. The molecule has 2 aliphatic heterocycles. The Morgan fingerprint density at radius 3 is 1.72 bits per heavy atom. The normalized spacial score (nSPS) is 12.7. The third kappa shape index (κ3) is 3.26. The summed E-state index contributed by atoms with van der Waals surface area (Å²) in [7, 11) is 0. The van der Waals surface area contributed by atoms with Crippen LogP contribution in [0, 0.1) is 0 Å². The van der Waals surface area contributed by atoms with Crippen LogP contribution >= 0.6 is 0 Å². The molecule has 3 aromatic rings. The number of nitrogens with zero attached hydrogens (tertiary/aromatic N) is 2. The van der Waals surface area contributed by atoms with Gasteiger partial charge in [0.15, 0.2) is 0 Å². The molecule has 0 radical (unpaired) electrons. The van der Waals surface area contributed by atoms with Crippen LogP contribution in [-0.2, 0) is 21.1 Å². The van der Waals surface area contributed by atoms with Crippen molar-refractivity contribution in [2.45, 2.75) is 0 Å². The topological polar surface area (TPSA) is 57.4 Å². The summed E-state index contributed by atoms with van der Waals surface area (Å²) in [6.07, 6.45) is 7.91. The van der Waals surface area contributed by atoms with Gasteiger partial charge in [-0.15, -0.1) is 0 Å². The first kappa shape index (κ1) is 14.6. The molecule has 5 heterocycles. The van der Waals surface area contributed by atoms with Gasteiger partial charge in [-0.2, -0.15) is 0 Å². The first-order valence-electron chi connectivity index (χ1n) is 8.26. The van der Waals surface area contributed by atoms with Gasteiger partial charge in [-0.3, -0.25) is 0 Å². The van der Waals surface area contributed by atoms with E-state index in [1.54, 1.807) is 0 Å². The number of hydrogen-bond donors (Lipinski definition) is 2. The maximum absolute atomic E-state index is 8.15. The molecular weight excluding hydrogens is 491 g/mol. The molecule has 25 heavy (non-hydrogen) atoms. The smallest absolute Gasteiger partial charge is 0.0659 e. The van der Waals surface area contributed by atoms with Crippen LogP contribution in [0.1, 0.15) is 24.1 Å². The van der Waals surface area contributed by atoms with Gasteiger partial charge in [0.1, 0.15) is 0 Å². The molecule has 2 aliphatic rings. The average Bonchev–Trinajstić information content (AvgIpc) is 3.33. The Balaban J connectivity index is 0.00000168. The fourth-order valence-corrected chi connectivity index (χ4v) is 2.87. The summed E-state index contributed by atoms with van der Waals surface area (Å²) in [5, 5.41) is 0. The standard InChI is InChI=1S/C20H14N4.Pt/c1-2-14-10-16-5-6-18(23-16)12-20-8-7-19(24-20)11-17-4-3-15(22-17)9-13(1)21-14;/h1-12,21-22H;/i1D;. The second kappa shape index (κ2) is 6.30. The maximum atomic E-state index is 8.15. The van der Waals surface area contributed by atoms with E-state index in [9.17, 15) is 0 Å². The summed E-state index contributed by atoms with van der Waals surface area (Å²) in [5.41, 5.74) is 7.04. The van der Waals surface area contributed by atoms with Gasteiger partial charge in [0.2, 0.25) is 0 Å². The monoisotopic (exact) mass is 506 g/mol. The van der Waals surface area contributed by atoms with Crippen molar-refractivity contribution in [2.24, 2.45) is 0 Å². The van der Waals surface area contributed by atoms with Crippen molar-refractivity contribution in [1.29, 1.82) is 0 Å². The van der Waals surface area contributed by atoms with Crippen LogP contribution in [0.15, 0.2) is 48.5 Å². The molecule has 4 nitrogen and oxygen atoms in total. The third-order valence-corrected chi connectivity index (χ3v) is 3.96. The Bertz CT molecular complexity index is 1220. The number of nitrogens with one attached hydrogen (secondary N) is 2. The van der Waals surface area contributed by atoms with Gasteiger partial charge in [-0.25, -0.2) is 9.97 Å². The zero-order valence-electron chi connectivity index (χ0n) is 14.1. The molecule has 5 rings (SSSR count). The molecule has 0 saturated carbocycles. The minimum absolute atomic E-state index is 0. The number of fused-ring (bicyclic) bond motifs is 8. The van der Waals surface area contributed by atoms with Crippen LogP contribution in [0.4, 0.5) is 0 Å². The van der Waals surface area contributed by atoms with Gasteiger partial charge in [-0.05, 0) is 72.8 Å². The van der Waals surface area contributed by atoms with Crippen LogP contribution < -0.4 is 0 Å². The SMILES string of the molecule is [2H]c1cc2cc3nc(cc4nc(cc5ccc(cc1[nH]2)[nH]5)C=C4)C=C3.[Pt]. The van der Waals surface area contributed by atoms with Gasteiger partial charge in [0.05, 0.1) is 24.1 Å². The Morgan fingerprint density at radius 2 is 1.08 bits per heavy atom. The van der Waals surface area contributed by atoms with Gasteiger partial charge < -0.3 is 9.97 Å². The van der Waals surface area contributed by atoms with E-state index in [2.05, 4.69) is 19.9 Å². The minimum Gasteiger partial charge on any atom is -0.355 e. The van der Waals surface area contributed by atoms with E-state index in [4.69, 9.17) is 1.37 Å². The largest absolute Gasteiger partial charge is 0.355 e. The zero-order chi connectivity index (χ0) is 16.8. The number of aromatic amines is 2. The predicted octanol–water partition coefficient (Wildman–Crippen LogP) is 4.65. The molecule has 3 aromatic heterocycles. The fourth-order valence-electron chi connectivity index (χ4n) is 2.87. The van der Waals surface area contributed by atoms with Crippen LogP contribution in [0.25, 0.3) is 46.4 Å². The zero-order valence-corrected chi connectivity index (χ0v) is 15.3. The van der Waals surface area contributed by atoms with Crippen LogP contribution in [-0.4, -0.2) is 19.9 Å². The molecule has 0 amide bonds. The molecule has 2 N–H and O–H groups in total. The molecule has 0 atom stereocenters. The second-order valence-electron chi connectivity index (χ2n) is 5.82. The van der Waals surface area contributed by atoms with E-state index < -0.39 is 0 Å². The minimum atomic E-state index is 0. The quantitative estimate of drug-likeness (QED) is 0.321. The molecule has 0 aromatic carbocycles. The van der Waals surface area contributed by atoms with Crippen molar-refractivity contribution >= 4 is 46.4 Å². The number of hydrogen-bond acceptors (Lipinski definition) is 2. The molecule has 0 fully saturated rings. The van der Waals surface area contributed by atoms with E-state index in [-0.39, 0.29) is 21.1 Å². The Labute approximate surface area is 160 Å². The van der Waals surface area contributed by atoms with Crippen LogP contribution in [0.5, 0.6) is 0 Å². The molecule has 8 bridgehead atoms. The summed E-state index contributed by atoms with van der Waals surface area (Å²) in [4.78, 5) is 15.8. The first-order chi connectivity index (χ1) is 12.2. The molecule has 0 aliphatic carbocycles. The van der Waals surface area contributed by atoms with E-state index in [0.29, 0.717) is 6.04 Å². The van der Waals surface area contributed by atoms with Crippen LogP contribution in [0.3, 0.4) is 0 Å². The van der Waals surface area contributed by atoms with Gasteiger partial charge in [0, 0.05) is 43.1 Å². The summed E-state index contributed by atoms with van der Waals surface area (Å²) in [6, 6.07) is 14.1. The van der Waals surface area contributed by atoms with Gasteiger partial charge in [-0.1, -0.05) is 0 Å². The molecule has 0 spiro atoms. The van der Waals surface area contributed by atoms with E-state index in [1.165, 1.54) is 0 Å². The summed E-state index contributed by atoms with van der Waals surface area (Å²) >= 11 is 0. The number of aromatic nitrogens is 4. The van der Waals surface area contributed by atoms with Crippen molar-refractivity contribution in [1.82, 2.24) is 19.9 Å². The van der Waals surface area contributed by atoms with Gasteiger partial charge >= 0.3 is 0 Å². The number of H-pyrrole nitrogens is 2. The van der Waals surface area contributed by atoms with Crippen LogP contribution in [0.2, 0.25) is 0 Å².